The molecule has 2 aliphatic rings. The van der Waals surface area contributed by atoms with Crippen molar-refractivity contribution in [2.75, 3.05) is 35.7 Å². The van der Waals surface area contributed by atoms with E-state index >= 15 is 0 Å². The Hall–Kier alpha value is -3.64. The van der Waals surface area contributed by atoms with Crippen molar-refractivity contribution in [3.05, 3.63) is 41.1 Å². The Morgan fingerprint density at radius 3 is 2.58 bits per heavy atom. The van der Waals surface area contributed by atoms with Crippen LogP contribution in [-0.2, 0) is 14.4 Å². The molecule has 1 fully saturated rings. The maximum atomic E-state index is 13.3. The number of hydrogen-bond acceptors (Lipinski definition) is 5. The van der Waals surface area contributed by atoms with E-state index in [0.717, 1.165) is 36.9 Å². The van der Waals surface area contributed by atoms with E-state index in [1.807, 2.05) is 39.0 Å². The van der Waals surface area contributed by atoms with Gasteiger partial charge in [0.15, 0.2) is 0 Å². The largest absolute Gasteiger partial charge is 0.327 e. The van der Waals surface area contributed by atoms with Crippen molar-refractivity contribution in [1.29, 1.82) is 5.26 Å². The Kier molecular flexibility index (Phi) is 7.45. The predicted molar refractivity (Wildman–Crippen MR) is 139 cm³/mol. The van der Waals surface area contributed by atoms with E-state index in [1.165, 1.54) is 0 Å². The number of hydrogen-bond donors (Lipinski definition) is 2. The van der Waals surface area contributed by atoms with Gasteiger partial charge in [-0.05, 0) is 58.4 Å². The highest BCUT2D eigenvalue weighted by Crippen LogP contribution is 2.37. The molecule has 4 rings (SSSR count). The summed E-state index contributed by atoms with van der Waals surface area (Å²) in [5.41, 5.74) is 3.65. The second kappa shape index (κ2) is 10.5. The van der Waals surface area contributed by atoms with Gasteiger partial charge < -0.3 is 20.1 Å². The Labute approximate surface area is 212 Å². The normalized spacial score (nSPS) is 17.9. The molecule has 1 aromatic carbocycles. The Bertz CT molecular complexity index is 1220. The molecule has 1 unspecified atom stereocenters. The van der Waals surface area contributed by atoms with Crippen LogP contribution < -0.4 is 15.5 Å². The lowest BCUT2D eigenvalue weighted by atomic mass is 10.1. The molecule has 0 radical (unpaired) electrons. The number of nitriles is 1. The summed E-state index contributed by atoms with van der Waals surface area (Å²) in [6.45, 7) is 5.75. The fraction of sp³-hybridized carbons (Fsp3) is 0.481. The van der Waals surface area contributed by atoms with Crippen LogP contribution in [0.5, 0.6) is 0 Å². The molecule has 0 bridgehead atoms. The van der Waals surface area contributed by atoms with Crippen LogP contribution in [0.2, 0.25) is 0 Å². The monoisotopic (exact) mass is 490 g/mol. The van der Waals surface area contributed by atoms with E-state index in [0.29, 0.717) is 22.8 Å². The van der Waals surface area contributed by atoms with Crippen molar-refractivity contribution in [2.24, 2.45) is 0 Å². The molecule has 0 spiro atoms. The highest BCUT2D eigenvalue weighted by Gasteiger charge is 2.31. The summed E-state index contributed by atoms with van der Waals surface area (Å²) in [5, 5.41) is 15.6. The summed E-state index contributed by atoms with van der Waals surface area (Å²) in [6, 6.07) is 9.46. The molecular formula is C27H34N6O3. The van der Waals surface area contributed by atoms with Crippen molar-refractivity contribution < 1.29 is 14.4 Å². The second-order valence-electron chi connectivity index (χ2n) is 9.96. The van der Waals surface area contributed by atoms with Crippen molar-refractivity contribution in [2.45, 2.75) is 65.0 Å². The number of para-hydroxylation sites is 2. The number of nitrogens with zero attached hydrogens (tertiary/aromatic N) is 4. The first-order valence-corrected chi connectivity index (χ1v) is 12.5. The van der Waals surface area contributed by atoms with Gasteiger partial charge in [0.05, 0.1) is 30.0 Å². The highest BCUT2D eigenvalue weighted by atomic mass is 16.2. The minimum atomic E-state index is -0.317. The molecule has 2 N–H and O–H groups in total. The average molecular weight is 491 g/mol. The van der Waals surface area contributed by atoms with Crippen LogP contribution in [-0.4, -0.2) is 53.4 Å². The minimum absolute atomic E-state index is 0.00703. The van der Waals surface area contributed by atoms with Gasteiger partial charge in [-0.2, -0.15) is 5.26 Å². The molecule has 2 aromatic rings. The molecule has 9 heteroatoms. The van der Waals surface area contributed by atoms with E-state index in [4.69, 9.17) is 0 Å². The molecule has 36 heavy (non-hydrogen) atoms. The summed E-state index contributed by atoms with van der Waals surface area (Å²) in [5.74, 6) is -0.0499. The zero-order chi connectivity index (χ0) is 26.0. The summed E-state index contributed by atoms with van der Waals surface area (Å²) in [4.78, 5) is 41.9. The number of fused-ring (bicyclic) bond motifs is 1. The highest BCUT2D eigenvalue weighted by molar-refractivity contribution is 6.05. The van der Waals surface area contributed by atoms with E-state index in [2.05, 4.69) is 21.3 Å². The summed E-state index contributed by atoms with van der Waals surface area (Å²) >= 11 is 0. The number of carbonyl (C=O) groups is 3. The van der Waals surface area contributed by atoms with Crippen molar-refractivity contribution in [3.63, 3.8) is 0 Å². The van der Waals surface area contributed by atoms with E-state index < -0.39 is 0 Å². The topological polar surface area (TPSA) is 110 Å². The van der Waals surface area contributed by atoms with Crippen LogP contribution in [0, 0.1) is 25.2 Å². The number of carbonyl (C=O) groups excluding carboxylic acids is 3. The van der Waals surface area contributed by atoms with Gasteiger partial charge in [-0.25, -0.2) is 0 Å². The molecule has 190 valence electrons. The molecule has 1 aromatic heterocycles. The quantitative estimate of drug-likeness (QED) is 0.641. The summed E-state index contributed by atoms with van der Waals surface area (Å²) in [7, 11) is 1.72. The van der Waals surface area contributed by atoms with E-state index in [1.54, 1.807) is 22.9 Å². The number of rotatable bonds is 6. The Morgan fingerprint density at radius 1 is 1.19 bits per heavy atom. The lowest BCUT2D eigenvalue weighted by Gasteiger charge is -2.29. The lowest BCUT2D eigenvalue weighted by molar-refractivity contribution is -0.121. The number of anilines is 3. The molecule has 2 heterocycles. The van der Waals surface area contributed by atoms with Crippen LogP contribution in [0.25, 0.3) is 0 Å². The smallest absolute Gasteiger partial charge is 0.241 e. The van der Waals surface area contributed by atoms with E-state index in [9.17, 15) is 19.6 Å². The predicted octanol–water partition coefficient (Wildman–Crippen LogP) is 3.73. The van der Waals surface area contributed by atoms with Gasteiger partial charge >= 0.3 is 0 Å². The maximum absolute atomic E-state index is 13.3. The van der Waals surface area contributed by atoms with Gasteiger partial charge in [-0.1, -0.05) is 25.0 Å². The molecule has 1 saturated carbocycles. The summed E-state index contributed by atoms with van der Waals surface area (Å²) < 4.78 is 2.11. The lowest BCUT2D eigenvalue weighted by Crippen LogP contribution is -2.45. The van der Waals surface area contributed by atoms with Crippen LogP contribution in [0.4, 0.5) is 17.2 Å². The number of nitrogens with one attached hydrogen (secondary N) is 2. The van der Waals surface area contributed by atoms with Gasteiger partial charge in [-0.3, -0.25) is 19.3 Å². The fourth-order valence-corrected chi connectivity index (χ4v) is 5.45. The number of benzene rings is 1. The number of likely N-dealkylation sites (N-methyl/N-ethyl adjacent to an activating group) is 1. The van der Waals surface area contributed by atoms with Crippen LogP contribution >= 0.6 is 0 Å². The molecule has 0 saturated heterocycles. The van der Waals surface area contributed by atoms with Crippen molar-refractivity contribution in [3.8, 4) is 6.07 Å². The molecule has 3 amide bonds. The first kappa shape index (κ1) is 25.5. The Balaban J connectivity index is 1.47. The SMILES string of the molecule is Cc1c(C#N)c(NC(=O)CN(C)CC(=O)N2c3ccccc3NC(=O)CC2C)n(C2CCCC2)c1C. The van der Waals surface area contributed by atoms with Gasteiger partial charge in [0.2, 0.25) is 17.7 Å². The van der Waals surface area contributed by atoms with Crippen molar-refractivity contribution in [1.82, 2.24) is 9.47 Å². The third-order valence-electron chi connectivity index (χ3n) is 7.26. The van der Waals surface area contributed by atoms with Gasteiger partial charge in [0.1, 0.15) is 11.9 Å². The van der Waals surface area contributed by atoms with Gasteiger partial charge in [0, 0.05) is 24.2 Å². The summed E-state index contributed by atoms with van der Waals surface area (Å²) in [6.07, 6.45) is 4.54. The fourth-order valence-electron chi connectivity index (χ4n) is 5.45. The Morgan fingerprint density at radius 2 is 1.89 bits per heavy atom. The zero-order valence-corrected chi connectivity index (χ0v) is 21.4. The third kappa shape index (κ3) is 5.00. The van der Waals surface area contributed by atoms with Crippen LogP contribution in [0.3, 0.4) is 0 Å². The third-order valence-corrected chi connectivity index (χ3v) is 7.26. The van der Waals surface area contributed by atoms with Crippen LogP contribution in [0.15, 0.2) is 24.3 Å². The first-order chi connectivity index (χ1) is 17.2. The zero-order valence-electron chi connectivity index (χ0n) is 21.4. The maximum Gasteiger partial charge on any atom is 0.241 e. The van der Waals surface area contributed by atoms with E-state index in [-0.39, 0.29) is 49.3 Å². The molecule has 1 atom stereocenters. The minimum Gasteiger partial charge on any atom is -0.327 e. The van der Waals surface area contributed by atoms with Gasteiger partial charge in [0.25, 0.3) is 0 Å². The number of aromatic nitrogens is 1. The second-order valence-corrected chi connectivity index (χ2v) is 9.96. The molecule has 1 aliphatic carbocycles. The molecule has 9 nitrogen and oxygen atoms in total. The van der Waals surface area contributed by atoms with Crippen molar-refractivity contribution >= 4 is 34.9 Å². The molecule has 1 aliphatic heterocycles. The number of amides is 3. The first-order valence-electron chi connectivity index (χ1n) is 12.5. The van der Waals surface area contributed by atoms with Gasteiger partial charge in [-0.15, -0.1) is 0 Å². The van der Waals surface area contributed by atoms with Crippen LogP contribution in [0.1, 0.15) is 61.9 Å². The molecular weight excluding hydrogens is 456 g/mol. The standard InChI is InChI=1S/C27H34N6O3/c1-17-13-24(34)29-22-11-7-8-12-23(22)32(17)26(36)16-31(4)15-25(35)30-27-21(14-28)18(2)19(3)33(27)20-9-5-6-10-20/h7-8,11-12,17,20H,5-6,9-10,13,15-16H2,1-4H3,(H,29,34)(H,30,35). The average Bonchev–Trinajstić information content (AvgIpc) is 3.38.